The molecule has 0 spiro atoms. The highest BCUT2D eigenvalue weighted by atomic mass is 16.2. The summed E-state index contributed by atoms with van der Waals surface area (Å²) in [7, 11) is 0. The Morgan fingerprint density at radius 3 is 2.77 bits per heavy atom. The van der Waals surface area contributed by atoms with Gasteiger partial charge in [-0.05, 0) is 54.0 Å². The molecule has 1 amide bonds. The predicted molar refractivity (Wildman–Crippen MR) is 123 cm³/mol. The van der Waals surface area contributed by atoms with Gasteiger partial charge in [0.2, 0.25) is 5.91 Å². The van der Waals surface area contributed by atoms with Crippen LogP contribution in [0.25, 0.3) is 5.57 Å². The third kappa shape index (κ3) is 4.40. The minimum absolute atomic E-state index is 0.278. The number of fused-ring (bicyclic) bond motifs is 1. The van der Waals surface area contributed by atoms with E-state index in [4.69, 9.17) is 11.1 Å². The molecule has 1 unspecified atom stereocenters. The molecule has 2 aromatic rings. The zero-order valence-electron chi connectivity index (χ0n) is 17.4. The molecule has 156 valence electrons. The molecule has 0 radical (unpaired) electrons. The van der Waals surface area contributed by atoms with Crippen LogP contribution in [-0.2, 0) is 17.6 Å². The molecule has 3 N–H and O–H groups in total. The van der Waals surface area contributed by atoms with Crippen LogP contribution in [0.4, 0.5) is 5.69 Å². The molecule has 1 saturated heterocycles. The van der Waals surface area contributed by atoms with E-state index in [-0.39, 0.29) is 5.91 Å². The van der Waals surface area contributed by atoms with Crippen LogP contribution in [-0.4, -0.2) is 43.2 Å². The Hall–Kier alpha value is -3.08. The summed E-state index contributed by atoms with van der Waals surface area (Å²) in [5.41, 5.74) is 11.2. The lowest BCUT2D eigenvalue weighted by molar-refractivity contribution is -0.130. The molecule has 5 heteroatoms. The standard InChI is InChI=1S/C25H30N4O/c26-15-23(16-27)21-7-8-24-22(14-21)11-13-28(24)17-20-10-12-29(18-20)25(30)9-6-19-4-2-1-3-5-19/h1-5,7-8,14-16,20,26H,6,9-13,17-18,27H2/b23-16+,26-15?. The van der Waals surface area contributed by atoms with Gasteiger partial charge in [-0.25, -0.2) is 0 Å². The van der Waals surface area contributed by atoms with Crippen molar-refractivity contribution in [2.75, 3.05) is 31.1 Å². The van der Waals surface area contributed by atoms with Crippen molar-refractivity contribution in [1.29, 1.82) is 5.41 Å². The van der Waals surface area contributed by atoms with E-state index in [1.165, 1.54) is 29.2 Å². The third-order valence-corrected chi connectivity index (χ3v) is 6.33. The maximum Gasteiger partial charge on any atom is 0.222 e. The van der Waals surface area contributed by atoms with E-state index in [0.29, 0.717) is 12.3 Å². The van der Waals surface area contributed by atoms with Crippen LogP contribution >= 0.6 is 0 Å². The fourth-order valence-corrected chi connectivity index (χ4v) is 4.64. The molecule has 2 aliphatic rings. The van der Waals surface area contributed by atoms with Gasteiger partial charge in [-0.1, -0.05) is 36.4 Å². The number of carbonyl (C=O) groups excluding carboxylic acids is 1. The monoisotopic (exact) mass is 402 g/mol. The van der Waals surface area contributed by atoms with Gasteiger partial charge in [-0.2, -0.15) is 0 Å². The lowest BCUT2D eigenvalue weighted by atomic mass is 10.0. The molecule has 2 aromatic carbocycles. The van der Waals surface area contributed by atoms with Gasteiger partial charge >= 0.3 is 0 Å². The van der Waals surface area contributed by atoms with Crippen molar-refractivity contribution in [2.24, 2.45) is 11.7 Å². The number of amides is 1. The van der Waals surface area contributed by atoms with E-state index in [1.54, 1.807) is 0 Å². The summed E-state index contributed by atoms with van der Waals surface area (Å²) < 4.78 is 0. The number of likely N-dealkylation sites (tertiary alicyclic amines) is 1. The van der Waals surface area contributed by atoms with Crippen LogP contribution in [0.2, 0.25) is 0 Å². The number of nitrogens with one attached hydrogen (secondary N) is 1. The number of aryl methyl sites for hydroxylation is 1. The number of benzene rings is 2. The summed E-state index contributed by atoms with van der Waals surface area (Å²) >= 11 is 0. The quantitative estimate of drug-likeness (QED) is 0.697. The van der Waals surface area contributed by atoms with Crippen molar-refractivity contribution in [1.82, 2.24) is 4.90 Å². The first-order valence-corrected chi connectivity index (χ1v) is 10.8. The van der Waals surface area contributed by atoms with Gasteiger partial charge in [0.15, 0.2) is 0 Å². The molecule has 5 nitrogen and oxygen atoms in total. The molecule has 0 saturated carbocycles. The fourth-order valence-electron chi connectivity index (χ4n) is 4.64. The number of hydrogen-bond acceptors (Lipinski definition) is 4. The smallest absolute Gasteiger partial charge is 0.222 e. The average Bonchev–Trinajstić information content (AvgIpc) is 3.41. The van der Waals surface area contributed by atoms with Crippen molar-refractivity contribution < 1.29 is 4.79 Å². The molecule has 30 heavy (non-hydrogen) atoms. The molecular weight excluding hydrogens is 372 g/mol. The minimum Gasteiger partial charge on any atom is -0.404 e. The third-order valence-electron chi connectivity index (χ3n) is 6.33. The number of allylic oxidation sites excluding steroid dienone is 1. The van der Waals surface area contributed by atoms with Crippen molar-refractivity contribution in [2.45, 2.75) is 25.7 Å². The second-order valence-electron chi connectivity index (χ2n) is 8.29. The van der Waals surface area contributed by atoms with Crippen LogP contribution in [0.3, 0.4) is 0 Å². The molecule has 2 heterocycles. The number of hydrogen-bond donors (Lipinski definition) is 2. The van der Waals surface area contributed by atoms with E-state index in [2.05, 4.69) is 40.1 Å². The number of anilines is 1. The van der Waals surface area contributed by atoms with E-state index in [9.17, 15) is 4.79 Å². The SMILES string of the molecule is N=C/C(=C\N)c1ccc2c(c1)CCN2CC1CCN(C(=O)CCc2ccccc2)C1. The first-order valence-electron chi connectivity index (χ1n) is 10.8. The summed E-state index contributed by atoms with van der Waals surface area (Å²) in [5, 5.41) is 7.50. The average molecular weight is 403 g/mol. The Bertz CT molecular complexity index is 937. The lowest BCUT2D eigenvalue weighted by Crippen LogP contribution is -2.32. The number of nitrogens with zero attached hydrogens (tertiary/aromatic N) is 2. The van der Waals surface area contributed by atoms with Gasteiger partial charge in [-0.15, -0.1) is 0 Å². The summed E-state index contributed by atoms with van der Waals surface area (Å²) in [6, 6.07) is 16.6. The Morgan fingerprint density at radius 2 is 2.00 bits per heavy atom. The predicted octanol–water partition coefficient (Wildman–Crippen LogP) is 3.48. The maximum absolute atomic E-state index is 12.6. The van der Waals surface area contributed by atoms with E-state index in [1.807, 2.05) is 18.2 Å². The highest BCUT2D eigenvalue weighted by Gasteiger charge is 2.29. The number of rotatable bonds is 7. The van der Waals surface area contributed by atoms with Gasteiger partial charge in [0, 0.05) is 56.3 Å². The number of carbonyl (C=O) groups is 1. The first kappa shape index (κ1) is 20.2. The van der Waals surface area contributed by atoms with Gasteiger partial charge < -0.3 is 20.9 Å². The topological polar surface area (TPSA) is 73.4 Å². The summed E-state index contributed by atoms with van der Waals surface area (Å²) in [5.74, 6) is 0.804. The molecular formula is C25H30N4O. The summed E-state index contributed by atoms with van der Waals surface area (Å²) in [6.45, 7) is 3.76. The molecule has 2 aliphatic heterocycles. The Morgan fingerprint density at radius 1 is 1.17 bits per heavy atom. The van der Waals surface area contributed by atoms with E-state index >= 15 is 0 Å². The number of nitrogens with two attached hydrogens (primary N) is 1. The van der Waals surface area contributed by atoms with Gasteiger partial charge in [0.1, 0.15) is 0 Å². The second-order valence-corrected chi connectivity index (χ2v) is 8.29. The zero-order valence-corrected chi connectivity index (χ0v) is 17.4. The lowest BCUT2D eigenvalue weighted by Gasteiger charge is -2.24. The zero-order chi connectivity index (χ0) is 20.9. The Labute approximate surface area is 178 Å². The van der Waals surface area contributed by atoms with Crippen LogP contribution in [0.15, 0.2) is 54.7 Å². The highest BCUT2D eigenvalue weighted by molar-refractivity contribution is 6.08. The maximum atomic E-state index is 12.6. The van der Waals surface area contributed by atoms with Crippen molar-refractivity contribution in [3.05, 3.63) is 71.4 Å². The molecule has 1 atom stereocenters. The van der Waals surface area contributed by atoms with Crippen molar-refractivity contribution in [3.8, 4) is 0 Å². The van der Waals surface area contributed by atoms with Crippen molar-refractivity contribution in [3.63, 3.8) is 0 Å². The van der Waals surface area contributed by atoms with Crippen molar-refractivity contribution >= 4 is 23.4 Å². The summed E-state index contributed by atoms with van der Waals surface area (Å²) in [6.07, 6.45) is 6.30. The normalized spacial score (nSPS) is 18.5. The Kier molecular flexibility index (Phi) is 6.17. The fraction of sp³-hybridized carbons (Fsp3) is 0.360. The van der Waals surface area contributed by atoms with Crippen LogP contribution in [0, 0.1) is 11.3 Å². The highest BCUT2D eigenvalue weighted by Crippen LogP contribution is 2.32. The van der Waals surface area contributed by atoms with Gasteiger partial charge in [0.05, 0.1) is 0 Å². The largest absolute Gasteiger partial charge is 0.404 e. The van der Waals surface area contributed by atoms with Crippen LogP contribution in [0.1, 0.15) is 29.5 Å². The first-order chi connectivity index (χ1) is 14.7. The van der Waals surface area contributed by atoms with Crippen LogP contribution < -0.4 is 10.6 Å². The molecule has 0 bridgehead atoms. The molecule has 4 rings (SSSR count). The van der Waals surface area contributed by atoms with E-state index < -0.39 is 0 Å². The second kappa shape index (κ2) is 9.16. The molecule has 1 fully saturated rings. The van der Waals surface area contributed by atoms with Gasteiger partial charge in [0.25, 0.3) is 0 Å². The minimum atomic E-state index is 0.278. The Balaban J connectivity index is 1.31. The molecule has 0 aromatic heterocycles. The van der Waals surface area contributed by atoms with E-state index in [0.717, 1.165) is 56.6 Å². The van der Waals surface area contributed by atoms with Gasteiger partial charge in [-0.3, -0.25) is 4.79 Å². The molecule has 0 aliphatic carbocycles. The summed E-state index contributed by atoms with van der Waals surface area (Å²) in [4.78, 5) is 17.1. The van der Waals surface area contributed by atoms with Crippen LogP contribution in [0.5, 0.6) is 0 Å².